The third-order valence-electron chi connectivity index (χ3n) is 1.24. The quantitative estimate of drug-likeness (QED) is 0.451. The number of hydrogen-bond acceptors (Lipinski definition) is 3. The molecule has 2 aliphatic heterocycles. The van der Waals surface area contributed by atoms with E-state index in [0.29, 0.717) is 20.0 Å². The Morgan fingerprint density at radius 2 is 1.62 bits per heavy atom. The fourth-order valence-corrected chi connectivity index (χ4v) is 0.813. The van der Waals surface area contributed by atoms with Gasteiger partial charge < -0.3 is 14.2 Å². The summed E-state index contributed by atoms with van der Waals surface area (Å²) in [6.07, 6.45) is 0. The van der Waals surface area contributed by atoms with Crippen LogP contribution in [-0.4, -0.2) is 20.0 Å². The Morgan fingerprint density at radius 1 is 1.00 bits per heavy atom. The molecule has 0 saturated carbocycles. The maximum Gasteiger partial charge on any atom is 0.230 e. The molecule has 44 valence electrons. The third-order valence-corrected chi connectivity index (χ3v) is 1.24. The molecule has 0 aromatic carbocycles. The number of ether oxygens (including phenoxy) is 3. The van der Waals surface area contributed by atoms with E-state index < -0.39 is 0 Å². The second-order valence-electron chi connectivity index (χ2n) is 1.75. The second-order valence-corrected chi connectivity index (χ2v) is 1.75. The van der Waals surface area contributed by atoms with Gasteiger partial charge in [-0.15, -0.1) is 0 Å². The van der Waals surface area contributed by atoms with Gasteiger partial charge in [0.25, 0.3) is 0 Å². The Labute approximate surface area is 46.8 Å². The van der Waals surface area contributed by atoms with Crippen LogP contribution in [0.3, 0.4) is 0 Å². The molecule has 0 N–H and O–H groups in total. The molecule has 0 amide bonds. The van der Waals surface area contributed by atoms with E-state index >= 15 is 0 Å². The molecule has 2 aliphatic rings. The average Bonchev–Trinajstić information content (AvgIpc) is 2.15. The van der Waals surface area contributed by atoms with Gasteiger partial charge in [0.2, 0.25) is 6.79 Å². The van der Waals surface area contributed by atoms with Crippen molar-refractivity contribution in [1.29, 1.82) is 0 Å². The van der Waals surface area contributed by atoms with Gasteiger partial charge in [0.15, 0.2) is 11.5 Å². The Morgan fingerprint density at radius 3 is 2.25 bits per heavy atom. The summed E-state index contributed by atoms with van der Waals surface area (Å²) in [7, 11) is 0. The third kappa shape index (κ3) is 0.419. The van der Waals surface area contributed by atoms with Crippen molar-refractivity contribution in [2.75, 3.05) is 20.0 Å². The summed E-state index contributed by atoms with van der Waals surface area (Å²) in [6, 6.07) is 0. The lowest BCUT2D eigenvalue weighted by molar-refractivity contribution is 0.0225. The minimum Gasteiger partial charge on any atom is -0.456 e. The van der Waals surface area contributed by atoms with Crippen molar-refractivity contribution in [1.82, 2.24) is 0 Å². The molecule has 0 unspecified atom stereocenters. The molecule has 2 rings (SSSR count). The van der Waals surface area contributed by atoms with E-state index in [-0.39, 0.29) is 0 Å². The fraction of sp³-hybridized carbons (Fsp3) is 0.600. The summed E-state index contributed by atoms with van der Waals surface area (Å²) in [5, 5.41) is 0. The van der Waals surface area contributed by atoms with Crippen LogP contribution in [-0.2, 0) is 14.2 Å². The fourth-order valence-electron chi connectivity index (χ4n) is 0.813. The van der Waals surface area contributed by atoms with Crippen molar-refractivity contribution in [2.45, 2.75) is 0 Å². The summed E-state index contributed by atoms with van der Waals surface area (Å²) in [5.41, 5.74) is 0. The predicted octanol–water partition coefficient (Wildman–Crippen LogP) is 0.233. The molecule has 2 heterocycles. The van der Waals surface area contributed by atoms with Crippen LogP contribution in [0.1, 0.15) is 0 Å². The molecule has 3 nitrogen and oxygen atoms in total. The van der Waals surface area contributed by atoms with E-state index in [1.165, 1.54) is 0 Å². The zero-order valence-electron chi connectivity index (χ0n) is 4.35. The van der Waals surface area contributed by atoms with Crippen molar-refractivity contribution in [3.63, 3.8) is 0 Å². The maximum atomic E-state index is 5.01. The van der Waals surface area contributed by atoms with Crippen LogP contribution in [0, 0.1) is 0 Å². The smallest absolute Gasteiger partial charge is 0.230 e. The first-order chi connectivity index (χ1) is 3.97. The summed E-state index contributed by atoms with van der Waals surface area (Å²) in [4.78, 5) is 0. The predicted molar refractivity (Wildman–Crippen MR) is 24.9 cm³/mol. The Bertz CT molecular complexity index is 111. The van der Waals surface area contributed by atoms with E-state index in [9.17, 15) is 0 Å². The van der Waals surface area contributed by atoms with Crippen molar-refractivity contribution < 1.29 is 14.2 Å². The molecular formula is C5H6O3. The van der Waals surface area contributed by atoms with E-state index in [2.05, 4.69) is 0 Å². The van der Waals surface area contributed by atoms with Crippen LogP contribution >= 0.6 is 0 Å². The normalized spacial score (nSPS) is 25.0. The molecule has 0 aromatic rings. The van der Waals surface area contributed by atoms with Gasteiger partial charge >= 0.3 is 0 Å². The topological polar surface area (TPSA) is 27.7 Å². The van der Waals surface area contributed by atoms with Crippen molar-refractivity contribution in [3.8, 4) is 0 Å². The highest BCUT2D eigenvalue weighted by atomic mass is 16.7. The monoisotopic (exact) mass is 114 g/mol. The second kappa shape index (κ2) is 1.39. The van der Waals surface area contributed by atoms with Crippen LogP contribution in [0.2, 0.25) is 0 Å². The first-order valence-corrected chi connectivity index (χ1v) is 2.52. The van der Waals surface area contributed by atoms with E-state index in [0.717, 1.165) is 11.5 Å². The van der Waals surface area contributed by atoms with Gasteiger partial charge in [-0.05, 0) is 0 Å². The lowest BCUT2D eigenvalue weighted by atomic mass is 10.5. The largest absolute Gasteiger partial charge is 0.456 e. The highest BCUT2D eigenvalue weighted by molar-refractivity contribution is 5.09. The lowest BCUT2D eigenvalue weighted by Crippen LogP contribution is -1.95. The van der Waals surface area contributed by atoms with Gasteiger partial charge in [0, 0.05) is 0 Å². The molecule has 0 aliphatic carbocycles. The van der Waals surface area contributed by atoms with Crippen LogP contribution in [0.25, 0.3) is 0 Å². The molecule has 0 saturated heterocycles. The Hall–Kier alpha value is -0.700. The standard InChI is InChI=1S/C5H6O3/c1-4-5(2-6-1)8-3-7-4/h1-3H2. The summed E-state index contributed by atoms with van der Waals surface area (Å²) in [6.45, 7) is 1.57. The maximum absolute atomic E-state index is 5.01. The molecule has 0 aromatic heterocycles. The Balaban J connectivity index is 2.23. The van der Waals surface area contributed by atoms with Crippen molar-refractivity contribution in [2.24, 2.45) is 0 Å². The molecular weight excluding hydrogens is 108 g/mol. The molecule has 8 heavy (non-hydrogen) atoms. The first kappa shape index (κ1) is 4.21. The minimum absolute atomic E-state index is 0.383. The average molecular weight is 114 g/mol. The van der Waals surface area contributed by atoms with Gasteiger partial charge in [-0.1, -0.05) is 0 Å². The Kier molecular flexibility index (Phi) is 0.729. The minimum atomic E-state index is 0.383. The van der Waals surface area contributed by atoms with E-state index in [4.69, 9.17) is 14.2 Å². The highest BCUT2D eigenvalue weighted by Gasteiger charge is 2.22. The summed E-state index contributed by atoms with van der Waals surface area (Å²) >= 11 is 0. The van der Waals surface area contributed by atoms with Crippen LogP contribution in [0.5, 0.6) is 0 Å². The van der Waals surface area contributed by atoms with Gasteiger partial charge in [-0.3, -0.25) is 0 Å². The SMILES string of the molecule is C1OC2=C(COC2)O1. The van der Waals surface area contributed by atoms with Gasteiger partial charge in [-0.25, -0.2) is 0 Å². The first-order valence-electron chi connectivity index (χ1n) is 2.52. The summed E-state index contributed by atoms with van der Waals surface area (Å²) in [5.74, 6) is 1.76. The number of hydrogen-bond donors (Lipinski definition) is 0. The molecule has 0 fully saturated rings. The van der Waals surface area contributed by atoms with E-state index in [1.807, 2.05) is 0 Å². The van der Waals surface area contributed by atoms with Crippen LogP contribution in [0.4, 0.5) is 0 Å². The van der Waals surface area contributed by atoms with Crippen LogP contribution < -0.4 is 0 Å². The molecule has 0 spiro atoms. The van der Waals surface area contributed by atoms with Crippen molar-refractivity contribution >= 4 is 0 Å². The summed E-state index contributed by atoms with van der Waals surface area (Å²) < 4.78 is 15.0. The zero-order chi connectivity index (χ0) is 5.40. The van der Waals surface area contributed by atoms with Gasteiger partial charge in [0.05, 0.1) is 0 Å². The number of rotatable bonds is 0. The molecule has 0 atom stereocenters. The molecule has 3 heteroatoms. The highest BCUT2D eigenvalue weighted by Crippen LogP contribution is 2.21. The van der Waals surface area contributed by atoms with E-state index in [1.54, 1.807) is 0 Å². The zero-order valence-corrected chi connectivity index (χ0v) is 4.35. The van der Waals surface area contributed by atoms with Gasteiger partial charge in [-0.2, -0.15) is 0 Å². The molecule has 0 bridgehead atoms. The van der Waals surface area contributed by atoms with Crippen LogP contribution in [0.15, 0.2) is 11.5 Å². The van der Waals surface area contributed by atoms with Gasteiger partial charge in [0.1, 0.15) is 13.2 Å². The molecule has 0 radical (unpaired) electrons. The van der Waals surface area contributed by atoms with Crippen molar-refractivity contribution in [3.05, 3.63) is 11.5 Å². The lowest BCUT2D eigenvalue weighted by Gasteiger charge is -1.97.